The van der Waals surface area contributed by atoms with Crippen molar-refractivity contribution >= 4 is 28.9 Å². The van der Waals surface area contributed by atoms with E-state index in [2.05, 4.69) is 9.94 Å². The van der Waals surface area contributed by atoms with E-state index in [-0.39, 0.29) is 21.4 Å². The third-order valence-electron chi connectivity index (χ3n) is 2.08. The van der Waals surface area contributed by atoms with Crippen LogP contribution in [0.4, 0.5) is 5.69 Å². The van der Waals surface area contributed by atoms with Crippen molar-refractivity contribution in [2.24, 2.45) is 0 Å². The molecule has 0 saturated heterocycles. The lowest BCUT2D eigenvalue weighted by Gasteiger charge is -2.07. The summed E-state index contributed by atoms with van der Waals surface area (Å²) in [5.41, 5.74) is -0.995. The standard InChI is InChI=1S/C10H4Cl2N4O2/c1-13-7-2-6(12)8(3-5(7)11)16-10(18)15-9(17)4-14-16/h2-4H,(H,15,17,18). The van der Waals surface area contributed by atoms with E-state index in [0.29, 0.717) is 0 Å². The molecule has 0 atom stereocenters. The molecule has 0 aliphatic heterocycles. The van der Waals surface area contributed by atoms with Gasteiger partial charge < -0.3 is 0 Å². The third-order valence-corrected chi connectivity index (χ3v) is 2.68. The Morgan fingerprint density at radius 2 is 2.00 bits per heavy atom. The molecule has 0 unspecified atom stereocenters. The summed E-state index contributed by atoms with van der Waals surface area (Å²) in [4.78, 5) is 27.6. The lowest BCUT2D eigenvalue weighted by atomic mass is 10.3. The summed E-state index contributed by atoms with van der Waals surface area (Å²) in [6.45, 7) is 6.88. The monoisotopic (exact) mass is 282 g/mol. The molecule has 8 heteroatoms. The summed E-state index contributed by atoms with van der Waals surface area (Å²) in [5, 5.41) is 3.92. The van der Waals surface area contributed by atoms with Crippen LogP contribution in [-0.2, 0) is 0 Å². The maximum absolute atomic E-state index is 11.5. The minimum absolute atomic E-state index is 0.132. The van der Waals surface area contributed by atoms with E-state index in [1.807, 2.05) is 4.98 Å². The van der Waals surface area contributed by atoms with Crippen LogP contribution in [0.25, 0.3) is 10.5 Å². The maximum atomic E-state index is 11.5. The average molecular weight is 283 g/mol. The van der Waals surface area contributed by atoms with Gasteiger partial charge in [-0.15, -0.1) is 0 Å². The minimum atomic E-state index is -0.740. The molecule has 0 fully saturated rings. The molecule has 0 aliphatic carbocycles. The van der Waals surface area contributed by atoms with Gasteiger partial charge in [0.1, 0.15) is 6.20 Å². The minimum Gasteiger partial charge on any atom is -0.271 e. The molecule has 90 valence electrons. The SMILES string of the molecule is [C-]#[N+]c1cc(Cl)c(-n2ncc(=O)[nH]c2=O)cc1Cl. The van der Waals surface area contributed by atoms with E-state index >= 15 is 0 Å². The Bertz CT molecular complexity index is 773. The largest absolute Gasteiger partial charge is 0.349 e. The van der Waals surface area contributed by atoms with Crippen LogP contribution >= 0.6 is 23.2 Å². The first-order chi connectivity index (χ1) is 8.52. The van der Waals surface area contributed by atoms with Gasteiger partial charge in [-0.05, 0) is 12.1 Å². The summed E-state index contributed by atoms with van der Waals surface area (Å²) in [6, 6.07) is 2.66. The number of hydrogen-bond acceptors (Lipinski definition) is 3. The van der Waals surface area contributed by atoms with Gasteiger partial charge in [0, 0.05) is 5.02 Å². The summed E-state index contributed by atoms with van der Waals surface area (Å²) >= 11 is 11.8. The second-order valence-electron chi connectivity index (χ2n) is 3.22. The smallest absolute Gasteiger partial charge is 0.271 e. The number of H-pyrrole nitrogens is 1. The molecular weight excluding hydrogens is 279 g/mol. The highest BCUT2D eigenvalue weighted by Crippen LogP contribution is 2.32. The van der Waals surface area contributed by atoms with Crippen LogP contribution in [-0.4, -0.2) is 14.8 Å². The summed E-state index contributed by atoms with van der Waals surface area (Å²) in [7, 11) is 0. The van der Waals surface area contributed by atoms with E-state index < -0.39 is 11.2 Å². The van der Waals surface area contributed by atoms with Crippen molar-refractivity contribution in [2.75, 3.05) is 0 Å². The van der Waals surface area contributed by atoms with Crippen molar-refractivity contribution in [3.05, 3.63) is 60.6 Å². The molecule has 18 heavy (non-hydrogen) atoms. The maximum Gasteiger partial charge on any atom is 0.349 e. The van der Waals surface area contributed by atoms with Crippen molar-refractivity contribution < 1.29 is 0 Å². The Kier molecular flexibility index (Phi) is 3.19. The highest BCUT2D eigenvalue weighted by molar-refractivity contribution is 6.36. The number of nitrogens with zero attached hydrogens (tertiary/aromatic N) is 3. The number of nitrogens with one attached hydrogen (secondary N) is 1. The molecule has 1 N–H and O–H groups in total. The van der Waals surface area contributed by atoms with Gasteiger partial charge in [-0.1, -0.05) is 23.2 Å². The molecule has 0 saturated carbocycles. The zero-order chi connectivity index (χ0) is 13.3. The predicted octanol–water partition coefficient (Wildman–Crippen LogP) is 1.78. The predicted molar refractivity (Wildman–Crippen MR) is 66.7 cm³/mol. The second-order valence-corrected chi connectivity index (χ2v) is 4.03. The lowest BCUT2D eigenvalue weighted by molar-refractivity contribution is 0.750. The first-order valence-electron chi connectivity index (χ1n) is 4.58. The highest BCUT2D eigenvalue weighted by Gasteiger charge is 2.11. The lowest BCUT2D eigenvalue weighted by Crippen LogP contribution is -2.30. The Hall–Kier alpha value is -2.10. The van der Waals surface area contributed by atoms with Gasteiger partial charge in [0.25, 0.3) is 5.56 Å². The summed E-state index contributed by atoms with van der Waals surface area (Å²) in [5.74, 6) is 0. The number of benzene rings is 1. The zero-order valence-corrected chi connectivity index (χ0v) is 10.2. The van der Waals surface area contributed by atoms with Gasteiger partial charge in [-0.25, -0.2) is 9.64 Å². The summed E-state index contributed by atoms with van der Waals surface area (Å²) in [6.07, 6.45) is 0.939. The molecule has 2 aromatic rings. The quantitative estimate of drug-likeness (QED) is 0.811. The Morgan fingerprint density at radius 3 is 2.61 bits per heavy atom. The van der Waals surface area contributed by atoms with Crippen LogP contribution in [0.3, 0.4) is 0 Å². The van der Waals surface area contributed by atoms with Gasteiger partial charge in [0.05, 0.1) is 17.3 Å². The van der Waals surface area contributed by atoms with E-state index in [9.17, 15) is 9.59 Å². The molecule has 1 aromatic carbocycles. The van der Waals surface area contributed by atoms with Crippen molar-refractivity contribution in [3.8, 4) is 5.69 Å². The van der Waals surface area contributed by atoms with Gasteiger partial charge in [-0.2, -0.15) is 9.78 Å². The Morgan fingerprint density at radius 1 is 1.28 bits per heavy atom. The van der Waals surface area contributed by atoms with E-state index in [1.54, 1.807) is 0 Å². The van der Waals surface area contributed by atoms with Crippen molar-refractivity contribution in [3.63, 3.8) is 0 Å². The van der Waals surface area contributed by atoms with Gasteiger partial charge in [0.15, 0.2) is 0 Å². The van der Waals surface area contributed by atoms with E-state index in [1.165, 1.54) is 12.1 Å². The molecular formula is C10H4Cl2N4O2. The Labute approximate surface area is 110 Å². The van der Waals surface area contributed by atoms with Crippen LogP contribution < -0.4 is 11.2 Å². The van der Waals surface area contributed by atoms with Crippen LogP contribution in [0.5, 0.6) is 0 Å². The van der Waals surface area contributed by atoms with E-state index in [4.69, 9.17) is 29.8 Å². The Balaban J connectivity index is 2.73. The first kappa shape index (κ1) is 12.4. The van der Waals surface area contributed by atoms with Gasteiger partial charge in [0.2, 0.25) is 5.69 Å². The highest BCUT2D eigenvalue weighted by atomic mass is 35.5. The number of aromatic nitrogens is 3. The molecule has 0 bridgehead atoms. The van der Waals surface area contributed by atoms with Gasteiger partial charge >= 0.3 is 5.69 Å². The molecule has 1 heterocycles. The molecule has 0 spiro atoms. The normalized spacial score (nSPS) is 10.1. The fourth-order valence-electron chi connectivity index (χ4n) is 1.30. The van der Waals surface area contributed by atoms with Gasteiger partial charge in [-0.3, -0.25) is 9.78 Å². The third kappa shape index (κ3) is 2.14. The van der Waals surface area contributed by atoms with Crippen molar-refractivity contribution in [1.82, 2.24) is 14.8 Å². The first-order valence-corrected chi connectivity index (χ1v) is 5.34. The topological polar surface area (TPSA) is 72.1 Å². The van der Waals surface area contributed by atoms with E-state index in [0.717, 1.165) is 10.9 Å². The molecule has 1 aromatic heterocycles. The number of aromatic amines is 1. The molecule has 6 nitrogen and oxygen atoms in total. The molecule has 0 radical (unpaired) electrons. The molecule has 2 rings (SSSR count). The summed E-state index contributed by atoms with van der Waals surface area (Å²) < 4.78 is 0.892. The number of halogens is 2. The fraction of sp³-hybridized carbons (Fsp3) is 0. The van der Waals surface area contributed by atoms with Crippen LogP contribution in [0.15, 0.2) is 27.9 Å². The second kappa shape index (κ2) is 4.64. The average Bonchev–Trinajstić information content (AvgIpc) is 2.32. The zero-order valence-electron chi connectivity index (χ0n) is 8.65. The van der Waals surface area contributed by atoms with Crippen molar-refractivity contribution in [1.29, 1.82) is 0 Å². The number of rotatable bonds is 1. The van der Waals surface area contributed by atoms with Crippen LogP contribution in [0, 0.1) is 6.57 Å². The van der Waals surface area contributed by atoms with Crippen LogP contribution in [0.1, 0.15) is 0 Å². The van der Waals surface area contributed by atoms with Crippen molar-refractivity contribution in [2.45, 2.75) is 0 Å². The number of hydrogen-bond donors (Lipinski definition) is 1. The van der Waals surface area contributed by atoms with Crippen LogP contribution in [0.2, 0.25) is 10.0 Å². The molecule has 0 amide bonds. The fourth-order valence-corrected chi connectivity index (χ4v) is 1.74. The molecule has 0 aliphatic rings.